The van der Waals surface area contributed by atoms with E-state index in [0.717, 1.165) is 11.9 Å². The van der Waals surface area contributed by atoms with Crippen LogP contribution in [0.5, 0.6) is 0 Å². The summed E-state index contributed by atoms with van der Waals surface area (Å²) >= 11 is 0. The van der Waals surface area contributed by atoms with Gasteiger partial charge in [0.25, 0.3) is 0 Å². The van der Waals surface area contributed by atoms with Gasteiger partial charge in [-0.3, -0.25) is 0 Å². The third kappa shape index (κ3) is 3.04. The van der Waals surface area contributed by atoms with E-state index >= 15 is 0 Å². The van der Waals surface area contributed by atoms with Gasteiger partial charge in [-0.1, -0.05) is 0 Å². The van der Waals surface area contributed by atoms with Crippen LogP contribution in [0.3, 0.4) is 0 Å². The van der Waals surface area contributed by atoms with Gasteiger partial charge in [-0.15, -0.1) is 0 Å². The molecule has 0 aliphatic heterocycles. The second-order valence-corrected chi connectivity index (χ2v) is 4.19. The van der Waals surface area contributed by atoms with Crippen molar-refractivity contribution < 1.29 is 8.42 Å². The topological polar surface area (TPSA) is 49.9 Å². The summed E-state index contributed by atoms with van der Waals surface area (Å²) in [6.07, 6.45) is 4.42. The zero-order chi connectivity index (χ0) is 8.32. The Bertz CT molecular complexity index is 335. The molecule has 0 radical (unpaired) electrons. The van der Waals surface area contributed by atoms with Crippen molar-refractivity contribution in [2.24, 2.45) is 0 Å². The quantitative estimate of drug-likeness (QED) is 0.722. The lowest BCUT2D eigenvalue weighted by atomic mass is 10.4. The summed E-state index contributed by atoms with van der Waals surface area (Å²) < 4.78 is 21.3. The molecule has 1 N–H and O–H groups in total. The van der Waals surface area contributed by atoms with E-state index < -0.39 is 9.84 Å². The van der Waals surface area contributed by atoms with E-state index in [1.165, 1.54) is 11.5 Å². The van der Waals surface area contributed by atoms with Crippen molar-refractivity contribution in [2.45, 2.75) is 0 Å². The van der Waals surface area contributed by atoms with Gasteiger partial charge in [0.15, 0.2) is 9.84 Å². The van der Waals surface area contributed by atoms with Crippen LogP contribution < -0.4 is 0 Å². The first-order valence-electron chi connectivity index (χ1n) is 3.09. The fourth-order valence-electron chi connectivity index (χ4n) is 0.645. The molecule has 0 saturated carbocycles. The number of rotatable bonds is 2. The van der Waals surface area contributed by atoms with Crippen LogP contribution in [0.4, 0.5) is 0 Å². The van der Waals surface area contributed by atoms with Crippen LogP contribution in [0, 0.1) is 0 Å². The van der Waals surface area contributed by atoms with Crippen LogP contribution in [0.15, 0.2) is 23.7 Å². The van der Waals surface area contributed by atoms with E-state index in [9.17, 15) is 8.42 Å². The smallest absolute Gasteiger partial charge is 0.168 e. The van der Waals surface area contributed by atoms with Crippen LogP contribution in [-0.4, -0.2) is 19.7 Å². The van der Waals surface area contributed by atoms with E-state index in [4.69, 9.17) is 0 Å². The molecule has 0 aliphatic rings. The normalized spacial score (nSPS) is 12.5. The van der Waals surface area contributed by atoms with E-state index in [1.807, 2.05) is 6.07 Å². The number of aromatic nitrogens is 1. The van der Waals surface area contributed by atoms with Crippen molar-refractivity contribution in [1.29, 1.82) is 0 Å². The Labute approximate surface area is 65.7 Å². The second kappa shape index (κ2) is 2.92. The average molecular weight is 171 g/mol. The van der Waals surface area contributed by atoms with E-state index in [2.05, 4.69) is 4.98 Å². The lowest BCUT2D eigenvalue weighted by molar-refractivity contribution is 0.610. The second-order valence-electron chi connectivity index (χ2n) is 2.26. The molecule has 0 aliphatic carbocycles. The highest BCUT2D eigenvalue weighted by Crippen LogP contribution is 1.98. The number of sulfone groups is 1. The van der Waals surface area contributed by atoms with Gasteiger partial charge in [-0.05, 0) is 18.2 Å². The molecular formula is C7H9NO2S. The molecule has 3 nitrogen and oxygen atoms in total. The summed E-state index contributed by atoms with van der Waals surface area (Å²) in [6, 6.07) is 3.60. The van der Waals surface area contributed by atoms with E-state index in [-0.39, 0.29) is 0 Å². The molecule has 0 unspecified atom stereocenters. The first kappa shape index (κ1) is 8.07. The molecule has 0 saturated heterocycles. The summed E-state index contributed by atoms with van der Waals surface area (Å²) in [5.41, 5.74) is 0.787. The van der Waals surface area contributed by atoms with Gasteiger partial charge in [0.05, 0.1) is 0 Å². The van der Waals surface area contributed by atoms with Crippen LogP contribution in [0.2, 0.25) is 0 Å². The lowest BCUT2D eigenvalue weighted by Gasteiger charge is -1.84. The third-order valence-electron chi connectivity index (χ3n) is 1.12. The Morgan fingerprint density at radius 2 is 2.27 bits per heavy atom. The van der Waals surface area contributed by atoms with E-state index in [0.29, 0.717) is 0 Å². The maximum Gasteiger partial charge on any atom is 0.168 e. The van der Waals surface area contributed by atoms with Gasteiger partial charge in [0.2, 0.25) is 0 Å². The van der Waals surface area contributed by atoms with Gasteiger partial charge >= 0.3 is 0 Å². The largest absolute Gasteiger partial charge is 0.362 e. The van der Waals surface area contributed by atoms with Gasteiger partial charge < -0.3 is 4.98 Å². The Kier molecular flexibility index (Phi) is 2.14. The van der Waals surface area contributed by atoms with Gasteiger partial charge in [-0.2, -0.15) is 0 Å². The number of aromatic amines is 1. The van der Waals surface area contributed by atoms with E-state index in [1.54, 1.807) is 12.3 Å². The first-order chi connectivity index (χ1) is 5.08. The minimum absolute atomic E-state index is 0.787. The highest BCUT2D eigenvalue weighted by Gasteiger charge is 1.92. The SMILES string of the molecule is CS(=O)(=O)C=Cc1ccc[nH]1. The molecule has 1 rings (SSSR count). The van der Waals surface area contributed by atoms with Gasteiger partial charge in [0.1, 0.15) is 0 Å². The summed E-state index contributed by atoms with van der Waals surface area (Å²) in [5, 5.41) is 1.17. The molecule has 1 aromatic rings. The number of H-pyrrole nitrogens is 1. The van der Waals surface area contributed by atoms with Crippen LogP contribution >= 0.6 is 0 Å². The molecule has 11 heavy (non-hydrogen) atoms. The average Bonchev–Trinajstić information content (AvgIpc) is 2.32. The van der Waals surface area contributed by atoms with Crippen molar-refractivity contribution in [2.75, 3.05) is 6.26 Å². The maximum atomic E-state index is 10.6. The fourth-order valence-corrected chi connectivity index (χ4v) is 1.04. The van der Waals surface area contributed by atoms with Crippen LogP contribution in [0.25, 0.3) is 6.08 Å². The van der Waals surface area contributed by atoms with Crippen molar-refractivity contribution in [1.82, 2.24) is 4.98 Å². The van der Waals surface area contributed by atoms with Crippen LogP contribution in [-0.2, 0) is 9.84 Å². The zero-order valence-electron chi connectivity index (χ0n) is 6.11. The van der Waals surface area contributed by atoms with Crippen LogP contribution in [0.1, 0.15) is 5.69 Å². The molecule has 60 valence electrons. The monoisotopic (exact) mass is 171 g/mol. The fraction of sp³-hybridized carbons (Fsp3) is 0.143. The summed E-state index contributed by atoms with van der Waals surface area (Å²) in [7, 11) is -3.00. The number of hydrogen-bond donors (Lipinski definition) is 1. The summed E-state index contributed by atoms with van der Waals surface area (Å²) in [5.74, 6) is 0. The van der Waals surface area contributed by atoms with Gasteiger partial charge in [0, 0.05) is 23.6 Å². The first-order valence-corrected chi connectivity index (χ1v) is 5.05. The molecule has 1 aromatic heterocycles. The van der Waals surface area contributed by atoms with Gasteiger partial charge in [-0.25, -0.2) is 8.42 Å². The zero-order valence-corrected chi connectivity index (χ0v) is 6.93. The lowest BCUT2D eigenvalue weighted by Crippen LogP contribution is -1.87. The Balaban J connectivity index is 2.79. The molecule has 0 fully saturated rings. The maximum absolute atomic E-state index is 10.6. The molecule has 0 bridgehead atoms. The predicted octanol–water partition coefficient (Wildman–Crippen LogP) is 1.03. The molecule has 4 heteroatoms. The molecular weight excluding hydrogens is 162 g/mol. The summed E-state index contributed by atoms with van der Waals surface area (Å²) in [6.45, 7) is 0. The van der Waals surface area contributed by atoms with Crippen molar-refractivity contribution in [3.05, 3.63) is 29.4 Å². The minimum Gasteiger partial charge on any atom is -0.362 e. The molecule has 0 amide bonds. The Morgan fingerprint density at radius 3 is 2.73 bits per heavy atom. The van der Waals surface area contributed by atoms with Crippen molar-refractivity contribution >= 4 is 15.9 Å². The Hall–Kier alpha value is -1.03. The highest BCUT2D eigenvalue weighted by atomic mass is 32.2. The number of nitrogens with one attached hydrogen (secondary N) is 1. The standard InChI is InChI=1S/C7H9NO2S/c1-11(9,10)6-4-7-3-2-5-8-7/h2-6,8H,1H3. The van der Waals surface area contributed by atoms with Crippen molar-refractivity contribution in [3.63, 3.8) is 0 Å². The Morgan fingerprint density at radius 1 is 1.55 bits per heavy atom. The molecule has 0 aromatic carbocycles. The summed E-state index contributed by atoms with van der Waals surface area (Å²) in [4.78, 5) is 2.86. The van der Waals surface area contributed by atoms with Crippen molar-refractivity contribution in [3.8, 4) is 0 Å². The molecule has 0 atom stereocenters. The minimum atomic E-state index is -3.00. The highest BCUT2D eigenvalue weighted by molar-refractivity contribution is 7.93. The molecule has 0 spiro atoms. The third-order valence-corrected chi connectivity index (χ3v) is 1.75. The predicted molar refractivity (Wildman–Crippen MR) is 44.7 cm³/mol. The number of hydrogen-bond acceptors (Lipinski definition) is 2. The molecule has 1 heterocycles.